The lowest BCUT2D eigenvalue weighted by Gasteiger charge is -2.14. The average Bonchev–Trinajstić information content (AvgIpc) is 3.13. The number of rotatable bonds is 3. The summed E-state index contributed by atoms with van der Waals surface area (Å²) in [6.07, 6.45) is 1.86. The molecule has 1 aliphatic heterocycles. The molecule has 0 spiro atoms. The molecule has 2 aliphatic rings. The van der Waals surface area contributed by atoms with Crippen molar-refractivity contribution < 1.29 is 14.7 Å². The number of aromatic nitrogens is 3. The van der Waals surface area contributed by atoms with E-state index < -0.39 is 5.97 Å². The number of amides is 1. The summed E-state index contributed by atoms with van der Waals surface area (Å²) >= 11 is 0. The highest BCUT2D eigenvalue weighted by molar-refractivity contribution is 5.98. The zero-order valence-corrected chi connectivity index (χ0v) is 14.4. The Morgan fingerprint density at radius 1 is 1.32 bits per heavy atom. The number of hydrogen-bond acceptors (Lipinski definition) is 4. The Balaban J connectivity index is 2.00. The third-order valence-corrected chi connectivity index (χ3v) is 4.81. The number of carbonyl (C=O) groups excluding carboxylic acids is 1. The van der Waals surface area contributed by atoms with Crippen LogP contribution >= 0.6 is 0 Å². The molecule has 132 valence electrons. The fraction of sp³-hybridized carbons (Fsp3) is 0.529. The Kier molecular flexibility index (Phi) is 3.13. The van der Waals surface area contributed by atoms with Crippen molar-refractivity contribution >= 4 is 17.5 Å². The SMILES string of the molecule is CC(C)(C)c1cc2n(CC(=O)O)c3c(c(=O)n2n1)CN(C1CC1)C3=O. The predicted molar refractivity (Wildman–Crippen MR) is 88.7 cm³/mol. The number of hydrogen-bond donors (Lipinski definition) is 1. The molecule has 0 aromatic carbocycles. The van der Waals surface area contributed by atoms with Gasteiger partial charge < -0.3 is 14.6 Å². The maximum atomic E-state index is 12.9. The van der Waals surface area contributed by atoms with Crippen LogP contribution < -0.4 is 5.56 Å². The van der Waals surface area contributed by atoms with Crippen LogP contribution in [0.5, 0.6) is 0 Å². The fourth-order valence-corrected chi connectivity index (χ4v) is 3.33. The van der Waals surface area contributed by atoms with Crippen molar-refractivity contribution in [1.29, 1.82) is 0 Å². The van der Waals surface area contributed by atoms with Crippen LogP contribution in [0.15, 0.2) is 10.9 Å². The molecule has 1 saturated carbocycles. The number of aliphatic carboxylic acids is 1. The standard InChI is InChI=1S/C17H20N4O4/c1-17(2,3)11-6-12-20(8-13(22)23)14-10(15(24)21(12)18-11)7-19(16(14)25)9-4-5-9/h6,9H,4-5,7-8H2,1-3H3,(H,22,23). The van der Waals surface area contributed by atoms with E-state index in [4.69, 9.17) is 0 Å². The zero-order valence-electron chi connectivity index (χ0n) is 14.4. The van der Waals surface area contributed by atoms with E-state index in [2.05, 4.69) is 5.10 Å². The Morgan fingerprint density at radius 3 is 2.56 bits per heavy atom. The van der Waals surface area contributed by atoms with Crippen LogP contribution in [-0.4, -0.2) is 42.1 Å². The molecule has 2 aromatic heterocycles. The molecule has 0 unspecified atom stereocenters. The van der Waals surface area contributed by atoms with E-state index in [-0.39, 0.29) is 41.7 Å². The van der Waals surface area contributed by atoms with Crippen LogP contribution in [0.4, 0.5) is 0 Å². The summed E-state index contributed by atoms with van der Waals surface area (Å²) in [6, 6.07) is 1.87. The molecule has 0 atom stereocenters. The van der Waals surface area contributed by atoms with Gasteiger partial charge in [0.2, 0.25) is 0 Å². The van der Waals surface area contributed by atoms with Crippen LogP contribution in [0.3, 0.4) is 0 Å². The highest BCUT2D eigenvalue weighted by atomic mass is 16.4. The van der Waals surface area contributed by atoms with Crippen molar-refractivity contribution in [2.75, 3.05) is 0 Å². The van der Waals surface area contributed by atoms with Gasteiger partial charge in [-0.25, -0.2) is 0 Å². The molecule has 8 nitrogen and oxygen atoms in total. The van der Waals surface area contributed by atoms with Crippen LogP contribution in [0.1, 0.15) is 55.4 Å². The van der Waals surface area contributed by atoms with Crippen molar-refractivity contribution in [1.82, 2.24) is 19.1 Å². The van der Waals surface area contributed by atoms with Crippen molar-refractivity contribution in [3.05, 3.63) is 33.4 Å². The molecule has 2 aromatic rings. The van der Waals surface area contributed by atoms with Gasteiger partial charge in [-0.2, -0.15) is 9.61 Å². The number of carbonyl (C=O) groups is 2. The minimum Gasteiger partial charge on any atom is -0.480 e. The Bertz CT molecular complexity index is 975. The minimum absolute atomic E-state index is 0.162. The fourth-order valence-electron chi connectivity index (χ4n) is 3.33. The topological polar surface area (TPSA) is 96.9 Å². The molecular weight excluding hydrogens is 324 g/mol. The van der Waals surface area contributed by atoms with Crippen LogP contribution in [0.25, 0.3) is 5.65 Å². The quantitative estimate of drug-likeness (QED) is 0.896. The predicted octanol–water partition coefficient (Wildman–Crippen LogP) is 0.996. The number of carboxylic acids is 1. The summed E-state index contributed by atoms with van der Waals surface area (Å²) < 4.78 is 2.66. The largest absolute Gasteiger partial charge is 0.480 e. The smallest absolute Gasteiger partial charge is 0.323 e. The number of fused-ring (bicyclic) bond motifs is 2. The maximum absolute atomic E-state index is 12.9. The first-order valence-corrected chi connectivity index (χ1v) is 8.37. The van der Waals surface area contributed by atoms with E-state index in [0.29, 0.717) is 16.9 Å². The first-order chi connectivity index (χ1) is 11.7. The van der Waals surface area contributed by atoms with Crippen molar-refractivity contribution in [2.45, 2.75) is 58.2 Å². The van der Waals surface area contributed by atoms with Gasteiger partial charge in [0.25, 0.3) is 11.5 Å². The second-order valence-electron chi connectivity index (χ2n) is 7.83. The monoisotopic (exact) mass is 344 g/mol. The molecule has 1 fully saturated rings. The normalized spacial score (nSPS) is 17.4. The molecule has 0 bridgehead atoms. The Morgan fingerprint density at radius 2 is 2.00 bits per heavy atom. The number of carboxylic acid groups (broad SMARTS) is 1. The van der Waals surface area contributed by atoms with Gasteiger partial charge in [-0.05, 0) is 12.8 Å². The Hall–Kier alpha value is -2.64. The van der Waals surface area contributed by atoms with Crippen LogP contribution in [0, 0.1) is 0 Å². The lowest BCUT2D eigenvalue weighted by Crippen LogP contribution is -2.28. The lowest BCUT2D eigenvalue weighted by atomic mass is 9.93. The molecule has 0 radical (unpaired) electrons. The molecule has 1 amide bonds. The van der Waals surface area contributed by atoms with Gasteiger partial charge in [0.15, 0.2) is 0 Å². The third kappa shape index (κ3) is 2.35. The molecule has 25 heavy (non-hydrogen) atoms. The molecule has 1 aliphatic carbocycles. The summed E-state index contributed by atoms with van der Waals surface area (Å²) in [5.41, 5.74) is 0.939. The summed E-state index contributed by atoms with van der Waals surface area (Å²) in [4.78, 5) is 38.8. The highest BCUT2D eigenvalue weighted by Gasteiger charge is 2.42. The first-order valence-electron chi connectivity index (χ1n) is 8.37. The van der Waals surface area contributed by atoms with E-state index in [1.54, 1.807) is 11.0 Å². The summed E-state index contributed by atoms with van der Waals surface area (Å²) in [6.45, 7) is 5.75. The molecule has 0 saturated heterocycles. The van der Waals surface area contributed by atoms with Gasteiger partial charge >= 0.3 is 5.97 Å². The molecule has 4 rings (SSSR count). The van der Waals surface area contributed by atoms with Gasteiger partial charge in [-0.15, -0.1) is 0 Å². The zero-order chi connectivity index (χ0) is 18.1. The highest BCUT2D eigenvalue weighted by Crippen LogP contribution is 2.34. The second-order valence-corrected chi connectivity index (χ2v) is 7.83. The van der Waals surface area contributed by atoms with Crippen LogP contribution in [0.2, 0.25) is 0 Å². The molecular formula is C17H20N4O4. The van der Waals surface area contributed by atoms with Gasteiger partial charge in [0, 0.05) is 17.5 Å². The number of nitrogens with zero attached hydrogens (tertiary/aromatic N) is 4. The van der Waals surface area contributed by atoms with E-state index in [1.165, 1.54) is 9.08 Å². The lowest BCUT2D eigenvalue weighted by molar-refractivity contribution is -0.137. The van der Waals surface area contributed by atoms with Crippen molar-refractivity contribution in [3.8, 4) is 0 Å². The summed E-state index contributed by atoms with van der Waals surface area (Å²) in [5, 5.41) is 13.7. The first kappa shape index (κ1) is 15.9. The molecule has 3 heterocycles. The van der Waals surface area contributed by atoms with E-state index in [1.807, 2.05) is 20.8 Å². The van der Waals surface area contributed by atoms with Gasteiger partial charge in [0.1, 0.15) is 17.9 Å². The van der Waals surface area contributed by atoms with E-state index in [9.17, 15) is 19.5 Å². The minimum atomic E-state index is -1.07. The van der Waals surface area contributed by atoms with Gasteiger partial charge in [-0.1, -0.05) is 20.8 Å². The molecule has 1 N–H and O–H groups in total. The van der Waals surface area contributed by atoms with Crippen molar-refractivity contribution in [3.63, 3.8) is 0 Å². The molecule has 8 heteroatoms. The third-order valence-electron chi connectivity index (χ3n) is 4.81. The maximum Gasteiger partial charge on any atom is 0.323 e. The van der Waals surface area contributed by atoms with Gasteiger partial charge in [-0.3, -0.25) is 14.4 Å². The summed E-state index contributed by atoms with van der Waals surface area (Å²) in [7, 11) is 0. The van der Waals surface area contributed by atoms with Crippen molar-refractivity contribution in [2.24, 2.45) is 0 Å². The second kappa shape index (κ2) is 4.93. The summed E-state index contributed by atoms with van der Waals surface area (Å²) in [5.74, 6) is -1.32. The van der Waals surface area contributed by atoms with E-state index >= 15 is 0 Å². The van der Waals surface area contributed by atoms with Crippen LogP contribution in [-0.2, 0) is 23.3 Å². The van der Waals surface area contributed by atoms with Gasteiger partial charge in [0.05, 0.1) is 17.8 Å². The average molecular weight is 344 g/mol. The van der Waals surface area contributed by atoms with E-state index in [0.717, 1.165) is 12.8 Å². The Labute approximate surface area is 143 Å².